The summed E-state index contributed by atoms with van der Waals surface area (Å²) in [6.07, 6.45) is 9.38. The van der Waals surface area contributed by atoms with E-state index in [0.29, 0.717) is 18.0 Å². The first-order valence-electron chi connectivity index (χ1n) is 11.2. The van der Waals surface area contributed by atoms with Gasteiger partial charge in [-0.2, -0.15) is 5.10 Å². The molecule has 0 aliphatic carbocycles. The molecule has 5 heterocycles. The lowest BCUT2D eigenvalue weighted by molar-refractivity contribution is 0.196. The molecule has 4 aromatic rings. The number of pyridine rings is 1. The Kier molecular flexibility index (Phi) is 4.69. The molecule has 2 aliphatic rings. The fraction of sp³-hybridized carbons (Fsp3) is 0.280. The molecule has 33 heavy (non-hydrogen) atoms. The smallest absolute Gasteiger partial charge is 0.129 e. The van der Waals surface area contributed by atoms with E-state index in [1.807, 2.05) is 31.8 Å². The summed E-state index contributed by atoms with van der Waals surface area (Å²) in [5, 5.41) is 17.9. The first kappa shape index (κ1) is 20.0. The van der Waals surface area contributed by atoms with E-state index in [2.05, 4.69) is 38.5 Å². The number of rotatable bonds is 5. The lowest BCUT2D eigenvalue weighted by Crippen LogP contribution is -2.73. The van der Waals surface area contributed by atoms with Crippen molar-refractivity contribution in [2.24, 2.45) is 7.05 Å². The van der Waals surface area contributed by atoms with Gasteiger partial charge in [-0.25, -0.2) is 9.37 Å². The summed E-state index contributed by atoms with van der Waals surface area (Å²) in [6, 6.07) is 11.2. The monoisotopic (exact) mass is 444 g/mol. The highest BCUT2D eigenvalue weighted by Crippen LogP contribution is 2.38. The van der Waals surface area contributed by atoms with Crippen molar-refractivity contribution in [2.75, 3.05) is 11.4 Å². The number of fused-ring (bicyclic) bond motifs is 2. The van der Waals surface area contributed by atoms with Crippen LogP contribution in [0.3, 0.4) is 0 Å². The molecule has 3 aromatic heterocycles. The minimum Gasteiger partial charge on any atom is -0.508 e. The second-order valence-electron chi connectivity index (χ2n) is 8.97. The van der Waals surface area contributed by atoms with Gasteiger partial charge in [0.15, 0.2) is 0 Å². The fourth-order valence-corrected chi connectivity index (χ4v) is 5.12. The van der Waals surface area contributed by atoms with Crippen LogP contribution in [0.2, 0.25) is 0 Å². The van der Waals surface area contributed by atoms with E-state index in [-0.39, 0.29) is 23.7 Å². The van der Waals surface area contributed by atoms with E-state index in [9.17, 15) is 9.50 Å². The van der Waals surface area contributed by atoms with Crippen molar-refractivity contribution in [3.8, 4) is 28.1 Å². The van der Waals surface area contributed by atoms with Crippen LogP contribution >= 0.6 is 0 Å². The molecule has 0 radical (unpaired) electrons. The molecule has 2 aliphatic heterocycles. The molecule has 168 valence electrons. The van der Waals surface area contributed by atoms with Gasteiger partial charge < -0.3 is 20.3 Å². The van der Waals surface area contributed by atoms with Crippen molar-refractivity contribution in [1.29, 1.82) is 0 Å². The van der Waals surface area contributed by atoms with Crippen LogP contribution in [-0.2, 0) is 13.5 Å². The maximum atomic E-state index is 13.7. The van der Waals surface area contributed by atoms with Crippen molar-refractivity contribution < 1.29 is 9.50 Å². The van der Waals surface area contributed by atoms with Crippen LogP contribution in [0.25, 0.3) is 22.4 Å². The fourth-order valence-electron chi connectivity index (χ4n) is 5.12. The largest absolute Gasteiger partial charge is 0.508 e. The van der Waals surface area contributed by atoms with Crippen molar-refractivity contribution in [3.05, 3.63) is 72.6 Å². The molecule has 6 rings (SSSR count). The number of phenols is 1. The molecule has 3 N–H and O–H groups in total. The normalized spacial score (nSPS) is 21.8. The number of nitrogens with zero attached hydrogens (tertiary/aromatic N) is 4. The lowest BCUT2D eigenvalue weighted by atomic mass is 9.80. The zero-order valence-corrected chi connectivity index (χ0v) is 18.2. The van der Waals surface area contributed by atoms with Crippen molar-refractivity contribution in [1.82, 2.24) is 25.1 Å². The third kappa shape index (κ3) is 3.56. The molecule has 3 unspecified atom stereocenters. The van der Waals surface area contributed by atoms with Crippen molar-refractivity contribution in [3.63, 3.8) is 0 Å². The number of phenolic OH excluding ortho intramolecular Hbond substituents is 1. The average molecular weight is 445 g/mol. The molecular weight excluding hydrogens is 419 g/mol. The van der Waals surface area contributed by atoms with Crippen LogP contribution in [0, 0.1) is 5.82 Å². The van der Waals surface area contributed by atoms with Gasteiger partial charge in [-0.05, 0) is 54.8 Å². The van der Waals surface area contributed by atoms with E-state index in [0.717, 1.165) is 41.2 Å². The summed E-state index contributed by atoms with van der Waals surface area (Å²) >= 11 is 0. The zero-order chi connectivity index (χ0) is 22.5. The van der Waals surface area contributed by atoms with Gasteiger partial charge in [0.2, 0.25) is 0 Å². The van der Waals surface area contributed by atoms with E-state index < -0.39 is 0 Å². The van der Waals surface area contributed by atoms with E-state index >= 15 is 0 Å². The minimum absolute atomic E-state index is 0.135. The van der Waals surface area contributed by atoms with Gasteiger partial charge in [-0.3, -0.25) is 4.68 Å². The van der Waals surface area contributed by atoms with Crippen LogP contribution in [-0.4, -0.2) is 49.5 Å². The number of nitrogens with one attached hydrogen (secondary N) is 2. The van der Waals surface area contributed by atoms with Gasteiger partial charge in [0, 0.05) is 72.7 Å². The highest BCUT2D eigenvalue weighted by molar-refractivity contribution is 5.71. The Labute approximate surface area is 190 Å². The van der Waals surface area contributed by atoms with Crippen LogP contribution in [0.5, 0.6) is 5.75 Å². The van der Waals surface area contributed by atoms with Gasteiger partial charge in [0.1, 0.15) is 17.4 Å². The number of hydrogen-bond acceptors (Lipinski definition) is 5. The van der Waals surface area contributed by atoms with Crippen molar-refractivity contribution >= 4 is 5.82 Å². The maximum absolute atomic E-state index is 13.7. The minimum atomic E-state index is -0.323. The topological polar surface area (TPSA) is 82.0 Å². The second kappa shape index (κ2) is 7.74. The molecule has 7 nitrogen and oxygen atoms in total. The number of H-pyrrole nitrogens is 1. The number of aromatic nitrogens is 4. The van der Waals surface area contributed by atoms with Gasteiger partial charge in [-0.15, -0.1) is 0 Å². The molecule has 8 heteroatoms. The molecule has 0 spiro atoms. The predicted octanol–water partition coefficient (Wildman–Crippen LogP) is 3.48. The molecular formula is C25H25FN6O. The summed E-state index contributed by atoms with van der Waals surface area (Å²) in [5.41, 5.74) is 4.84. The number of benzene rings is 1. The number of piperazine rings is 1. The zero-order valence-electron chi connectivity index (χ0n) is 18.2. The van der Waals surface area contributed by atoms with E-state index in [1.54, 1.807) is 4.68 Å². The Balaban J connectivity index is 1.19. The summed E-state index contributed by atoms with van der Waals surface area (Å²) in [6.45, 7) is 0.854. The lowest BCUT2D eigenvalue weighted by Gasteiger charge is -2.57. The molecule has 1 aromatic carbocycles. The number of piperidine rings is 1. The van der Waals surface area contributed by atoms with Gasteiger partial charge in [0.25, 0.3) is 0 Å². The third-order valence-corrected chi connectivity index (χ3v) is 6.87. The van der Waals surface area contributed by atoms with Crippen molar-refractivity contribution in [2.45, 2.75) is 31.0 Å². The van der Waals surface area contributed by atoms with Gasteiger partial charge in [-0.1, -0.05) is 0 Å². The average Bonchev–Trinajstić information content (AvgIpc) is 3.46. The number of aryl methyl sites for hydroxylation is 1. The Morgan fingerprint density at radius 1 is 1.12 bits per heavy atom. The van der Waals surface area contributed by atoms with Crippen LogP contribution in [0.1, 0.15) is 12.0 Å². The number of aromatic hydroxyl groups is 1. The Morgan fingerprint density at radius 3 is 2.79 bits per heavy atom. The molecule has 2 saturated heterocycles. The first-order valence-corrected chi connectivity index (χ1v) is 11.2. The molecule has 0 amide bonds. The summed E-state index contributed by atoms with van der Waals surface area (Å²) in [4.78, 5) is 10.5. The number of aromatic amines is 1. The molecule has 2 fully saturated rings. The molecule has 0 saturated carbocycles. The number of hydrogen-bond donors (Lipinski definition) is 3. The molecule has 3 atom stereocenters. The van der Waals surface area contributed by atoms with Crippen LogP contribution < -0.4 is 10.2 Å². The third-order valence-electron chi connectivity index (χ3n) is 6.87. The highest BCUT2D eigenvalue weighted by Gasteiger charge is 2.47. The van der Waals surface area contributed by atoms with Gasteiger partial charge in [0.05, 0.1) is 6.20 Å². The Hall–Kier alpha value is -3.65. The molecule has 2 bridgehead atoms. The van der Waals surface area contributed by atoms with E-state index in [4.69, 9.17) is 4.98 Å². The summed E-state index contributed by atoms with van der Waals surface area (Å²) in [5.74, 6) is 0.777. The van der Waals surface area contributed by atoms with Crippen LogP contribution in [0.4, 0.5) is 10.2 Å². The Bertz CT molecular complexity index is 1290. The highest BCUT2D eigenvalue weighted by atomic mass is 19.1. The van der Waals surface area contributed by atoms with Crippen LogP contribution in [0.15, 0.2) is 61.2 Å². The van der Waals surface area contributed by atoms with E-state index in [1.165, 1.54) is 18.2 Å². The predicted molar refractivity (Wildman–Crippen MR) is 124 cm³/mol. The van der Waals surface area contributed by atoms with Gasteiger partial charge >= 0.3 is 0 Å². The second-order valence-corrected chi connectivity index (χ2v) is 8.97. The Morgan fingerprint density at radius 2 is 2.03 bits per heavy atom. The maximum Gasteiger partial charge on any atom is 0.129 e. The first-order chi connectivity index (χ1) is 16.0. The summed E-state index contributed by atoms with van der Waals surface area (Å²) < 4.78 is 15.5. The quantitative estimate of drug-likeness (QED) is 0.439. The standard InChI is InChI=1S/C25H25FN6O/c1-31-14-18(12-30-31)21-8-17(11-27-21)15-2-5-25(29-10-15)32-20-9-23(32)22(28-13-20)7-16-6-19(26)3-4-24(16)33/h2-6,8,10-12,14,20,22-23,27-28,33H,7,9,13H2,1H3. The number of anilines is 1. The number of halogens is 1. The SMILES string of the molecule is Cn1cc(-c2cc(-c3ccc(N4C5CNC(Cc6cc(F)ccc6O)C4C5)nc3)c[nH]2)cn1. The summed E-state index contributed by atoms with van der Waals surface area (Å²) in [7, 11) is 1.90.